The molecule has 0 radical (unpaired) electrons. The molecule has 1 aromatic carbocycles. The highest BCUT2D eigenvalue weighted by atomic mass is 16.5. The van der Waals surface area contributed by atoms with E-state index in [1.807, 2.05) is 55.6 Å². The monoisotopic (exact) mass is 365 g/mol. The Balaban J connectivity index is 1.48. The Bertz CT molecular complexity index is 841. The number of methoxy groups -OCH3 is 1. The van der Waals surface area contributed by atoms with E-state index < -0.39 is 0 Å². The van der Waals surface area contributed by atoms with Gasteiger partial charge in [-0.15, -0.1) is 0 Å². The molecule has 2 aromatic heterocycles. The molecule has 0 aliphatic rings. The first-order valence-electron chi connectivity index (χ1n) is 8.72. The summed E-state index contributed by atoms with van der Waals surface area (Å²) in [4.78, 5) is 12.9. The maximum atomic E-state index is 5.71. The van der Waals surface area contributed by atoms with Crippen molar-refractivity contribution in [3.63, 3.8) is 0 Å². The molecule has 0 unspecified atom stereocenters. The maximum absolute atomic E-state index is 5.71. The molecule has 27 heavy (non-hydrogen) atoms. The summed E-state index contributed by atoms with van der Waals surface area (Å²) in [5, 5.41) is 6.56. The molecule has 2 N–H and O–H groups in total. The zero-order chi connectivity index (χ0) is 18.9. The number of nitrogens with one attached hydrogen (secondary N) is 2. The second-order valence-electron chi connectivity index (χ2n) is 5.85. The van der Waals surface area contributed by atoms with E-state index in [-0.39, 0.29) is 0 Å². The summed E-state index contributed by atoms with van der Waals surface area (Å²) >= 11 is 0. The van der Waals surface area contributed by atoms with Crippen molar-refractivity contribution in [2.45, 2.75) is 13.5 Å². The molecule has 0 saturated heterocycles. The van der Waals surface area contributed by atoms with Gasteiger partial charge in [-0.1, -0.05) is 6.07 Å². The van der Waals surface area contributed by atoms with Crippen molar-refractivity contribution in [3.05, 3.63) is 66.2 Å². The molecule has 3 rings (SSSR count). The fourth-order valence-corrected chi connectivity index (χ4v) is 2.46. The van der Waals surface area contributed by atoms with E-state index in [1.165, 1.54) is 0 Å². The van der Waals surface area contributed by atoms with Crippen molar-refractivity contribution < 1.29 is 9.47 Å². The average Bonchev–Trinajstić information content (AvgIpc) is 2.70. The van der Waals surface area contributed by atoms with Gasteiger partial charge in [0.1, 0.15) is 35.6 Å². The zero-order valence-electron chi connectivity index (χ0n) is 15.5. The van der Waals surface area contributed by atoms with Gasteiger partial charge in [0.15, 0.2) is 0 Å². The average molecular weight is 365 g/mol. The van der Waals surface area contributed by atoms with E-state index in [9.17, 15) is 0 Å². The summed E-state index contributed by atoms with van der Waals surface area (Å²) in [6, 6.07) is 13.3. The number of ether oxygens (including phenoxy) is 2. The highest BCUT2D eigenvalue weighted by molar-refractivity contribution is 5.47. The van der Waals surface area contributed by atoms with Gasteiger partial charge < -0.3 is 20.1 Å². The second kappa shape index (κ2) is 9.38. The van der Waals surface area contributed by atoms with Crippen LogP contribution in [0.4, 0.5) is 11.6 Å². The Labute approximate surface area is 158 Å². The number of aromatic nitrogens is 3. The SMILES string of the molecule is COc1ccc(OCCNc2cc(NCc3cccnc3)nc(C)n2)cc1. The molecule has 0 amide bonds. The number of aryl methyl sites for hydroxylation is 1. The van der Waals surface area contributed by atoms with Gasteiger partial charge in [-0.2, -0.15) is 0 Å². The molecule has 0 saturated carbocycles. The normalized spacial score (nSPS) is 10.3. The predicted octanol–water partition coefficient (Wildman–Crippen LogP) is 3.29. The van der Waals surface area contributed by atoms with Gasteiger partial charge >= 0.3 is 0 Å². The van der Waals surface area contributed by atoms with Crippen molar-refractivity contribution in [3.8, 4) is 11.5 Å². The van der Waals surface area contributed by atoms with Gasteiger partial charge in [0.05, 0.1) is 13.7 Å². The first-order chi connectivity index (χ1) is 13.2. The van der Waals surface area contributed by atoms with E-state index in [0.29, 0.717) is 25.5 Å². The minimum atomic E-state index is 0.522. The molecule has 140 valence electrons. The Hall–Kier alpha value is -3.35. The summed E-state index contributed by atoms with van der Waals surface area (Å²) in [5.74, 6) is 3.84. The molecule has 0 fully saturated rings. The Morgan fingerprint density at radius 2 is 1.70 bits per heavy atom. The van der Waals surface area contributed by atoms with Crippen LogP contribution < -0.4 is 20.1 Å². The quantitative estimate of drug-likeness (QED) is 0.563. The van der Waals surface area contributed by atoms with E-state index in [2.05, 4.69) is 25.6 Å². The van der Waals surface area contributed by atoms with Gasteiger partial charge in [-0.05, 0) is 42.8 Å². The molecule has 0 bridgehead atoms. The fourth-order valence-electron chi connectivity index (χ4n) is 2.46. The van der Waals surface area contributed by atoms with E-state index >= 15 is 0 Å². The summed E-state index contributed by atoms with van der Waals surface area (Å²) in [6.07, 6.45) is 3.59. The minimum absolute atomic E-state index is 0.522. The number of hydrogen-bond donors (Lipinski definition) is 2. The lowest BCUT2D eigenvalue weighted by Crippen LogP contribution is -2.13. The van der Waals surface area contributed by atoms with Gasteiger partial charge in [-0.3, -0.25) is 4.98 Å². The minimum Gasteiger partial charge on any atom is -0.497 e. The van der Waals surface area contributed by atoms with Crippen LogP contribution >= 0.6 is 0 Å². The third-order valence-electron chi connectivity index (χ3n) is 3.77. The van der Waals surface area contributed by atoms with E-state index in [4.69, 9.17) is 9.47 Å². The van der Waals surface area contributed by atoms with Crippen LogP contribution in [0.25, 0.3) is 0 Å². The van der Waals surface area contributed by atoms with E-state index in [1.54, 1.807) is 13.3 Å². The van der Waals surface area contributed by atoms with Crippen LogP contribution in [0.2, 0.25) is 0 Å². The molecule has 0 atom stereocenters. The molecular formula is C20H23N5O2. The van der Waals surface area contributed by atoms with Crippen molar-refractivity contribution >= 4 is 11.6 Å². The largest absolute Gasteiger partial charge is 0.497 e. The second-order valence-corrected chi connectivity index (χ2v) is 5.85. The standard InChI is InChI=1S/C20H23N5O2/c1-15-24-19(12-20(25-15)23-14-16-4-3-9-21-13-16)22-10-11-27-18-7-5-17(26-2)6-8-18/h3-9,12-13H,10-11,14H2,1-2H3,(H2,22,23,24,25). The first kappa shape index (κ1) is 18.4. The topological polar surface area (TPSA) is 81.2 Å². The van der Waals surface area contributed by atoms with Crippen LogP contribution in [-0.2, 0) is 6.54 Å². The fraction of sp³-hybridized carbons (Fsp3) is 0.250. The van der Waals surface area contributed by atoms with Crippen LogP contribution in [-0.4, -0.2) is 35.2 Å². The van der Waals surface area contributed by atoms with Crippen molar-refractivity contribution in [1.82, 2.24) is 15.0 Å². The Kier molecular flexibility index (Phi) is 6.40. The maximum Gasteiger partial charge on any atom is 0.132 e. The Morgan fingerprint density at radius 3 is 2.41 bits per heavy atom. The number of nitrogens with zero attached hydrogens (tertiary/aromatic N) is 3. The highest BCUT2D eigenvalue weighted by Gasteiger charge is 2.02. The molecule has 2 heterocycles. The van der Waals surface area contributed by atoms with Crippen LogP contribution in [0.15, 0.2) is 54.9 Å². The molecule has 0 aliphatic heterocycles. The van der Waals surface area contributed by atoms with Gasteiger partial charge in [0, 0.05) is 25.0 Å². The lowest BCUT2D eigenvalue weighted by atomic mass is 10.3. The number of pyridine rings is 1. The highest BCUT2D eigenvalue weighted by Crippen LogP contribution is 2.17. The van der Waals surface area contributed by atoms with Gasteiger partial charge in [0.2, 0.25) is 0 Å². The third-order valence-corrected chi connectivity index (χ3v) is 3.77. The predicted molar refractivity (Wildman–Crippen MR) is 105 cm³/mol. The Morgan fingerprint density at radius 1 is 0.963 bits per heavy atom. The number of benzene rings is 1. The molecule has 7 heteroatoms. The van der Waals surface area contributed by atoms with Crippen molar-refractivity contribution in [2.24, 2.45) is 0 Å². The molecule has 7 nitrogen and oxygen atoms in total. The van der Waals surface area contributed by atoms with Gasteiger partial charge in [-0.25, -0.2) is 9.97 Å². The third kappa shape index (κ3) is 5.85. The molecule has 0 spiro atoms. The van der Waals surface area contributed by atoms with Gasteiger partial charge in [0.25, 0.3) is 0 Å². The van der Waals surface area contributed by atoms with Crippen LogP contribution in [0.5, 0.6) is 11.5 Å². The summed E-state index contributed by atoms with van der Waals surface area (Å²) in [5.41, 5.74) is 1.09. The van der Waals surface area contributed by atoms with Crippen molar-refractivity contribution in [1.29, 1.82) is 0 Å². The smallest absolute Gasteiger partial charge is 0.132 e. The lowest BCUT2D eigenvalue weighted by molar-refractivity contribution is 0.331. The zero-order valence-corrected chi connectivity index (χ0v) is 15.5. The first-order valence-corrected chi connectivity index (χ1v) is 8.72. The molecule has 0 aliphatic carbocycles. The lowest BCUT2D eigenvalue weighted by Gasteiger charge is -2.11. The summed E-state index contributed by atoms with van der Waals surface area (Å²) in [7, 11) is 1.64. The molecular weight excluding hydrogens is 342 g/mol. The summed E-state index contributed by atoms with van der Waals surface area (Å²) < 4.78 is 10.8. The van der Waals surface area contributed by atoms with Crippen molar-refractivity contribution in [2.75, 3.05) is 30.9 Å². The number of hydrogen-bond acceptors (Lipinski definition) is 7. The molecule has 3 aromatic rings. The van der Waals surface area contributed by atoms with Crippen LogP contribution in [0, 0.1) is 6.92 Å². The van der Waals surface area contributed by atoms with Crippen LogP contribution in [0.3, 0.4) is 0 Å². The number of rotatable bonds is 9. The number of anilines is 2. The van der Waals surface area contributed by atoms with E-state index in [0.717, 1.165) is 28.7 Å². The summed E-state index contributed by atoms with van der Waals surface area (Å²) in [6.45, 7) is 3.68. The van der Waals surface area contributed by atoms with Crippen LogP contribution in [0.1, 0.15) is 11.4 Å².